The van der Waals surface area contributed by atoms with E-state index in [4.69, 9.17) is 0 Å². The van der Waals surface area contributed by atoms with Crippen LogP contribution in [0.4, 0.5) is 0 Å². The fourth-order valence-electron chi connectivity index (χ4n) is 4.99. The summed E-state index contributed by atoms with van der Waals surface area (Å²) in [5.74, 6) is 1.14. The number of nitrogens with zero attached hydrogens (tertiary/aromatic N) is 2. The van der Waals surface area contributed by atoms with Crippen LogP contribution in [0.5, 0.6) is 0 Å². The van der Waals surface area contributed by atoms with Crippen LogP contribution >= 0.6 is 0 Å². The van der Waals surface area contributed by atoms with Crippen molar-refractivity contribution >= 4 is 11.8 Å². The van der Waals surface area contributed by atoms with Gasteiger partial charge in [-0.3, -0.25) is 9.59 Å². The van der Waals surface area contributed by atoms with E-state index in [2.05, 4.69) is 0 Å². The first-order valence-corrected chi connectivity index (χ1v) is 9.01. The Hall–Kier alpha value is -1.06. The van der Waals surface area contributed by atoms with E-state index in [0.29, 0.717) is 24.8 Å². The maximum atomic E-state index is 12.7. The van der Waals surface area contributed by atoms with Crippen LogP contribution in [0.1, 0.15) is 57.8 Å². The summed E-state index contributed by atoms with van der Waals surface area (Å²) in [6, 6.07) is 0. The van der Waals surface area contributed by atoms with E-state index in [1.165, 1.54) is 38.5 Å². The molecule has 3 aliphatic rings. The minimum absolute atomic E-state index is 0.0255. The number of carbonyl (C=O) groups excluding carboxylic acids is 2. The molecule has 0 aromatic rings. The molecule has 4 heteroatoms. The van der Waals surface area contributed by atoms with Crippen molar-refractivity contribution in [3.63, 3.8) is 0 Å². The lowest BCUT2D eigenvalue weighted by atomic mass is 9.76. The Bertz CT molecular complexity index is 434. The van der Waals surface area contributed by atoms with Gasteiger partial charge in [-0.05, 0) is 31.6 Å². The molecule has 124 valence electrons. The van der Waals surface area contributed by atoms with Crippen molar-refractivity contribution in [3.8, 4) is 0 Å². The molecule has 0 aromatic heterocycles. The number of hydrogen-bond donors (Lipinski definition) is 0. The number of amides is 2. The highest BCUT2D eigenvalue weighted by Gasteiger charge is 2.52. The van der Waals surface area contributed by atoms with Gasteiger partial charge < -0.3 is 9.80 Å². The first-order valence-electron chi connectivity index (χ1n) is 9.01. The molecular formula is C18H30N2O2. The average molecular weight is 306 g/mol. The van der Waals surface area contributed by atoms with E-state index in [1.54, 1.807) is 4.90 Å². The molecule has 4 nitrogen and oxygen atoms in total. The lowest BCUT2D eigenvalue weighted by Gasteiger charge is -2.30. The van der Waals surface area contributed by atoms with Crippen molar-refractivity contribution < 1.29 is 9.59 Å². The predicted octanol–water partition coefficient (Wildman–Crippen LogP) is 2.67. The van der Waals surface area contributed by atoms with E-state index in [-0.39, 0.29) is 17.2 Å². The Balaban J connectivity index is 1.69. The highest BCUT2D eigenvalue weighted by Crippen LogP contribution is 2.49. The third kappa shape index (κ3) is 2.89. The average Bonchev–Trinajstić information content (AvgIpc) is 3.21. The van der Waals surface area contributed by atoms with E-state index >= 15 is 0 Å². The molecule has 1 unspecified atom stereocenters. The molecule has 2 aliphatic carbocycles. The van der Waals surface area contributed by atoms with Crippen LogP contribution in [0, 0.1) is 17.3 Å². The van der Waals surface area contributed by atoms with Crippen LogP contribution in [0.2, 0.25) is 0 Å². The van der Waals surface area contributed by atoms with Gasteiger partial charge in [0, 0.05) is 39.0 Å². The highest BCUT2D eigenvalue weighted by atomic mass is 16.2. The molecular weight excluding hydrogens is 276 g/mol. The second kappa shape index (κ2) is 6.21. The largest absolute Gasteiger partial charge is 0.349 e. The summed E-state index contributed by atoms with van der Waals surface area (Å²) in [4.78, 5) is 29.0. The van der Waals surface area contributed by atoms with E-state index in [0.717, 1.165) is 19.4 Å². The van der Waals surface area contributed by atoms with Crippen LogP contribution in [0.3, 0.4) is 0 Å². The molecule has 0 radical (unpaired) electrons. The van der Waals surface area contributed by atoms with Gasteiger partial charge in [0.1, 0.15) is 0 Å². The molecule has 1 spiro atoms. The van der Waals surface area contributed by atoms with Gasteiger partial charge in [-0.2, -0.15) is 0 Å². The van der Waals surface area contributed by atoms with Gasteiger partial charge in [-0.15, -0.1) is 0 Å². The van der Waals surface area contributed by atoms with E-state index in [9.17, 15) is 9.59 Å². The van der Waals surface area contributed by atoms with Crippen molar-refractivity contribution in [1.29, 1.82) is 0 Å². The summed E-state index contributed by atoms with van der Waals surface area (Å²) >= 11 is 0. The van der Waals surface area contributed by atoms with Crippen LogP contribution in [-0.4, -0.2) is 48.8 Å². The zero-order valence-corrected chi connectivity index (χ0v) is 14.1. The van der Waals surface area contributed by atoms with Gasteiger partial charge in [-0.25, -0.2) is 0 Å². The quantitative estimate of drug-likeness (QED) is 0.804. The van der Waals surface area contributed by atoms with E-state index in [1.807, 2.05) is 19.0 Å². The number of rotatable bonds is 3. The minimum atomic E-state index is 0.0255. The zero-order valence-electron chi connectivity index (χ0n) is 14.1. The van der Waals surface area contributed by atoms with Gasteiger partial charge >= 0.3 is 0 Å². The second-order valence-electron chi connectivity index (χ2n) is 7.98. The van der Waals surface area contributed by atoms with Crippen LogP contribution < -0.4 is 0 Å². The fraction of sp³-hybridized carbons (Fsp3) is 0.889. The van der Waals surface area contributed by atoms with Crippen LogP contribution in [0.15, 0.2) is 0 Å². The Morgan fingerprint density at radius 1 is 1.09 bits per heavy atom. The minimum Gasteiger partial charge on any atom is -0.349 e. The fourth-order valence-corrected chi connectivity index (χ4v) is 4.99. The zero-order chi connectivity index (χ0) is 15.7. The molecule has 0 bridgehead atoms. The third-order valence-corrected chi connectivity index (χ3v) is 6.28. The normalized spacial score (nSPS) is 27.7. The van der Waals surface area contributed by atoms with E-state index < -0.39 is 0 Å². The molecule has 2 amide bonds. The SMILES string of the molecule is CN(C)C(=O)C1CN(C(=O)CC2CCCC2)CC12CCCC2. The van der Waals surface area contributed by atoms with Crippen molar-refractivity contribution in [3.05, 3.63) is 0 Å². The van der Waals surface area contributed by atoms with Crippen LogP contribution in [-0.2, 0) is 9.59 Å². The van der Waals surface area contributed by atoms with Gasteiger partial charge in [-0.1, -0.05) is 25.7 Å². The molecule has 2 saturated carbocycles. The van der Waals surface area contributed by atoms with Crippen molar-refractivity contribution in [2.45, 2.75) is 57.8 Å². The van der Waals surface area contributed by atoms with Gasteiger partial charge in [0.05, 0.1) is 5.92 Å². The topological polar surface area (TPSA) is 40.6 Å². The first-order chi connectivity index (χ1) is 10.5. The van der Waals surface area contributed by atoms with Crippen molar-refractivity contribution in [1.82, 2.24) is 9.80 Å². The Morgan fingerprint density at radius 3 is 2.32 bits per heavy atom. The standard InChI is InChI=1S/C18H30N2O2/c1-19(2)17(22)15-12-20(13-18(15)9-5-6-10-18)16(21)11-14-7-3-4-8-14/h14-15H,3-13H2,1-2H3. The summed E-state index contributed by atoms with van der Waals surface area (Å²) in [6.45, 7) is 1.48. The van der Waals surface area contributed by atoms with Crippen molar-refractivity contribution in [2.75, 3.05) is 27.2 Å². The van der Waals surface area contributed by atoms with Crippen molar-refractivity contribution in [2.24, 2.45) is 17.3 Å². The molecule has 1 heterocycles. The highest BCUT2D eigenvalue weighted by molar-refractivity contribution is 5.83. The molecule has 1 atom stereocenters. The monoisotopic (exact) mass is 306 g/mol. The maximum Gasteiger partial charge on any atom is 0.227 e. The second-order valence-corrected chi connectivity index (χ2v) is 7.98. The van der Waals surface area contributed by atoms with Crippen LogP contribution in [0.25, 0.3) is 0 Å². The Kier molecular flexibility index (Phi) is 4.47. The van der Waals surface area contributed by atoms with Gasteiger partial charge in [0.2, 0.25) is 11.8 Å². The molecule has 1 aliphatic heterocycles. The lowest BCUT2D eigenvalue weighted by Crippen LogP contribution is -2.39. The third-order valence-electron chi connectivity index (χ3n) is 6.28. The Morgan fingerprint density at radius 2 is 1.73 bits per heavy atom. The summed E-state index contributed by atoms with van der Waals surface area (Å²) in [6.07, 6.45) is 10.3. The summed E-state index contributed by atoms with van der Waals surface area (Å²) < 4.78 is 0. The molecule has 22 heavy (non-hydrogen) atoms. The molecule has 0 N–H and O–H groups in total. The summed E-state index contributed by atoms with van der Waals surface area (Å²) in [7, 11) is 3.68. The molecule has 1 saturated heterocycles. The Labute approximate surface area is 134 Å². The number of likely N-dealkylation sites (tertiary alicyclic amines) is 1. The van der Waals surface area contributed by atoms with Gasteiger partial charge in [0.15, 0.2) is 0 Å². The molecule has 3 fully saturated rings. The van der Waals surface area contributed by atoms with Gasteiger partial charge in [0.25, 0.3) is 0 Å². The first kappa shape index (κ1) is 15.8. The maximum absolute atomic E-state index is 12.7. The predicted molar refractivity (Wildman–Crippen MR) is 86.2 cm³/mol. The molecule has 0 aromatic carbocycles. The summed E-state index contributed by atoms with van der Waals surface area (Å²) in [5.41, 5.74) is 0.0761. The smallest absolute Gasteiger partial charge is 0.227 e. The number of carbonyl (C=O) groups is 2. The number of hydrogen-bond acceptors (Lipinski definition) is 2. The summed E-state index contributed by atoms with van der Waals surface area (Å²) in [5, 5.41) is 0. The lowest BCUT2D eigenvalue weighted by molar-refractivity contribution is -0.135. The molecule has 3 rings (SSSR count).